The third-order valence-electron chi connectivity index (χ3n) is 2.41. The standard InChI is InChI=1S/C14H16N2O2/c1-10(2)18-12-5-3-4-11(8-12)14(17)13-9-15-6-7-16-13/h3-10,14,17H,1-2H3. The van der Waals surface area contributed by atoms with Gasteiger partial charge in [0.15, 0.2) is 0 Å². The Morgan fingerprint density at radius 3 is 2.72 bits per heavy atom. The summed E-state index contributed by atoms with van der Waals surface area (Å²) >= 11 is 0. The highest BCUT2D eigenvalue weighted by Gasteiger charge is 2.12. The number of aliphatic hydroxyl groups is 1. The highest BCUT2D eigenvalue weighted by molar-refractivity contribution is 5.33. The van der Waals surface area contributed by atoms with Crippen LogP contribution in [0.25, 0.3) is 0 Å². The van der Waals surface area contributed by atoms with E-state index in [-0.39, 0.29) is 6.10 Å². The van der Waals surface area contributed by atoms with Gasteiger partial charge in [0.2, 0.25) is 0 Å². The van der Waals surface area contributed by atoms with Gasteiger partial charge in [-0.05, 0) is 31.5 Å². The van der Waals surface area contributed by atoms with Crippen LogP contribution in [0.3, 0.4) is 0 Å². The van der Waals surface area contributed by atoms with Gasteiger partial charge in [0.05, 0.1) is 18.0 Å². The summed E-state index contributed by atoms with van der Waals surface area (Å²) in [6.07, 6.45) is 4.02. The molecule has 0 aliphatic carbocycles. The smallest absolute Gasteiger partial charge is 0.123 e. The van der Waals surface area contributed by atoms with Gasteiger partial charge >= 0.3 is 0 Å². The molecule has 0 amide bonds. The monoisotopic (exact) mass is 244 g/mol. The molecule has 1 N–H and O–H groups in total. The Morgan fingerprint density at radius 1 is 1.22 bits per heavy atom. The maximum atomic E-state index is 10.2. The molecule has 94 valence electrons. The molecule has 18 heavy (non-hydrogen) atoms. The van der Waals surface area contributed by atoms with Crippen LogP contribution in [0.1, 0.15) is 31.2 Å². The fraction of sp³-hybridized carbons (Fsp3) is 0.286. The van der Waals surface area contributed by atoms with Gasteiger partial charge in [-0.25, -0.2) is 0 Å². The third-order valence-corrected chi connectivity index (χ3v) is 2.41. The molecule has 0 aliphatic heterocycles. The lowest BCUT2D eigenvalue weighted by molar-refractivity contribution is 0.211. The second kappa shape index (κ2) is 5.60. The summed E-state index contributed by atoms with van der Waals surface area (Å²) in [6.45, 7) is 3.93. The molecule has 0 saturated carbocycles. The van der Waals surface area contributed by atoms with Crippen molar-refractivity contribution in [1.29, 1.82) is 0 Å². The van der Waals surface area contributed by atoms with Gasteiger partial charge in [-0.2, -0.15) is 0 Å². The van der Waals surface area contributed by atoms with E-state index in [1.54, 1.807) is 18.6 Å². The van der Waals surface area contributed by atoms with Crippen LogP contribution in [-0.4, -0.2) is 21.2 Å². The van der Waals surface area contributed by atoms with Gasteiger partial charge in [-0.3, -0.25) is 9.97 Å². The molecule has 0 bridgehead atoms. The Morgan fingerprint density at radius 2 is 2.06 bits per heavy atom. The number of hydrogen-bond acceptors (Lipinski definition) is 4. The lowest BCUT2D eigenvalue weighted by Gasteiger charge is -2.13. The molecule has 4 heteroatoms. The number of hydrogen-bond donors (Lipinski definition) is 1. The molecule has 1 aromatic heterocycles. The molecule has 1 unspecified atom stereocenters. The number of aliphatic hydroxyl groups excluding tert-OH is 1. The van der Waals surface area contributed by atoms with Gasteiger partial charge < -0.3 is 9.84 Å². The zero-order valence-electron chi connectivity index (χ0n) is 10.4. The van der Waals surface area contributed by atoms with Crippen molar-refractivity contribution >= 4 is 0 Å². The van der Waals surface area contributed by atoms with Crippen molar-refractivity contribution < 1.29 is 9.84 Å². The average molecular weight is 244 g/mol. The molecule has 0 radical (unpaired) electrons. The van der Waals surface area contributed by atoms with E-state index in [0.29, 0.717) is 5.69 Å². The summed E-state index contributed by atoms with van der Waals surface area (Å²) < 4.78 is 5.59. The van der Waals surface area contributed by atoms with Crippen molar-refractivity contribution in [1.82, 2.24) is 9.97 Å². The van der Waals surface area contributed by atoms with Crippen molar-refractivity contribution in [3.8, 4) is 5.75 Å². The summed E-state index contributed by atoms with van der Waals surface area (Å²) in [7, 11) is 0. The maximum Gasteiger partial charge on any atom is 0.123 e. The van der Waals surface area contributed by atoms with E-state index in [1.165, 1.54) is 0 Å². The molecular weight excluding hydrogens is 228 g/mol. The highest BCUT2D eigenvalue weighted by Crippen LogP contribution is 2.23. The van der Waals surface area contributed by atoms with Gasteiger partial charge in [-0.1, -0.05) is 12.1 Å². The molecule has 0 fully saturated rings. The first kappa shape index (κ1) is 12.5. The molecular formula is C14H16N2O2. The van der Waals surface area contributed by atoms with Crippen molar-refractivity contribution in [2.45, 2.75) is 26.1 Å². The Labute approximate surface area is 106 Å². The van der Waals surface area contributed by atoms with E-state index in [2.05, 4.69) is 9.97 Å². The molecule has 2 rings (SSSR count). The molecule has 1 heterocycles. The van der Waals surface area contributed by atoms with Crippen molar-refractivity contribution in [2.75, 3.05) is 0 Å². The minimum Gasteiger partial charge on any atom is -0.491 e. The number of benzene rings is 1. The first-order chi connectivity index (χ1) is 8.66. The van der Waals surface area contributed by atoms with E-state index in [4.69, 9.17) is 4.74 Å². The van der Waals surface area contributed by atoms with Crippen LogP contribution >= 0.6 is 0 Å². The van der Waals surface area contributed by atoms with Gasteiger partial charge in [0, 0.05) is 12.4 Å². The van der Waals surface area contributed by atoms with Crippen molar-refractivity contribution in [2.24, 2.45) is 0 Å². The zero-order valence-corrected chi connectivity index (χ0v) is 10.4. The highest BCUT2D eigenvalue weighted by atomic mass is 16.5. The Hall–Kier alpha value is -1.94. The van der Waals surface area contributed by atoms with Crippen LogP contribution in [-0.2, 0) is 0 Å². The SMILES string of the molecule is CC(C)Oc1cccc(C(O)c2cnccn2)c1. The minimum atomic E-state index is -0.783. The van der Waals surface area contributed by atoms with E-state index in [0.717, 1.165) is 11.3 Å². The van der Waals surface area contributed by atoms with Crippen LogP contribution in [0, 0.1) is 0 Å². The lowest BCUT2D eigenvalue weighted by atomic mass is 10.1. The summed E-state index contributed by atoms with van der Waals surface area (Å²) in [5.74, 6) is 0.741. The average Bonchev–Trinajstić information content (AvgIpc) is 2.38. The van der Waals surface area contributed by atoms with Crippen molar-refractivity contribution in [3.63, 3.8) is 0 Å². The minimum absolute atomic E-state index is 0.105. The van der Waals surface area contributed by atoms with Crippen LogP contribution in [0.5, 0.6) is 5.75 Å². The predicted octanol–water partition coefficient (Wildman–Crippen LogP) is 2.35. The molecule has 1 atom stereocenters. The molecule has 0 spiro atoms. The normalized spacial score (nSPS) is 12.4. The second-order valence-electron chi connectivity index (χ2n) is 4.27. The van der Waals surface area contributed by atoms with E-state index < -0.39 is 6.10 Å². The molecule has 4 nitrogen and oxygen atoms in total. The lowest BCUT2D eigenvalue weighted by Crippen LogP contribution is -2.07. The first-order valence-corrected chi connectivity index (χ1v) is 5.87. The fourth-order valence-corrected chi connectivity index (χ4v) is 1.65. The van der Waals surface area contributed by atoms with Crippen LogP contribution in [0.15, 0.2) is 42.9 Å². The quantitative estimate of drug-likeness (QED) is 0.897. The van der Waals surface area contributed by atoms with Gasteiger partial charge in [0.1, 0.15) is 11.9 Å². The van der Waals surface area contributed by atoms with Crippen LogP contribution in [0.2, 0.25) is 0 Å². The number of nitrogens with zero attached hydrogens (tertiary/aromatic N) is 2. The molecule has 1 aromatic carbocycles. The summed E-state index contributed by atoms with van der Waals surface area (Å²) in [4.78, 5) is 8.04. The predicted molar refractivity (Wildman–Crippen MR) is 68.3 cm³/mol. The Kier molecular flexibility index (Phi) is 3.89. The third kappa shape index (κ3) is 3.05. The summed E-state index contributed by atoms with van der Waals surface area (Å²) in [5.41, 5.74) is 1.27. The van der Waals surface area contributed by atoms with E-state index in [9.17, 15) is 5.11 Å². The fourth-order valence-electron chi connectivity index (χ4n) is 1.65. The Bertz CT molecular complexity index is 500. The first-order valence-electron chi connectivity index (χ1n) is 5.87. The maximum absolute atomic E-state index is 10.2. The van der Waals surface area contributed by atoms with Crippen LogP contribution < -0.4 is 4.74 Å². The largest absolute Gasteiger partial charge is 0.491 e. The zero-order chi connectivity index (χ0) is 13.0. The number of rotatable bonds is 4. The van der Waals surface area contributed by atoms with Gasteiger partial charge in [0.25, 0.3) is 0 Å². The number of aromatic nitrogens is 2. The van der Waals surface area contributed by atoms with Gasteiger partial charge in [-0.15, -0.1) is 0 Å². The van der Waals surface area contributed by atoms with Crippen LogP contribution in [0.4, 0.5) is 0 Å². The number of ether oxygens (including phenoxy) is 1. The molecule has 0 aliphatic rings. The topological polar surface area (TPSA) is 55.2 Å². The van der Waals surface area contributed by atoms with E-state index >= 15 is 0 Å². The second-order valence-corrected chi connectivity index (χ2v) is 4.27. The summed E-state index contributed by atoms with van der Waals surface area (Å²) in [5, 5.41) is 10.2. The molecule has 0 saturated heterocycles. The summed E-state index contributed by atoms with van der Waals surface area (Å²) in [6, 6.07) is 7.38. The molecule has 2 aromatic rings. The van der Waals surface area contributed by atoms with Crippen molar-refractivity contribution in [3.05, 3.63) is 54.1 Å². The van der Waals surface area contributed by atoms with E-state index in [1.807, 2.05) is 38.1 Å². The Balaban J connectivity index is 2.23.